The van der Waals surface area contributed by atoms with Crippen LogP contribution in [0.1, 0.15) is 17.2 Å². The molecule has 5 heteroatoms. The van der Waals surface area contributed by atoms with Crippen LogP contribution in [0.2, 0.25) is 5.02 Å². The van der Waals surface area contributed by atoms with E-state index in [4.69, 9.17) is 11.6 Å². The molecule has 1 heterocycles. The van der Waals surface area contributed by atoms with E-state index in [2.05, 4.69) is 26.2 Å². The molecule has 18 heavy (non-hydrogen) atoms. The average molecular weight is 330 g/mol. The summed E-state index contributed by atoms with van der Waals surface area (Å²) in [5.41, 5.74) is 1.34. The lowest BCUT2D eigenvalue weighted by Crippen LogP contribution is -2.19. The molecule has 1 unspecified atom stereocenters. The highest BCUT2D eigenvalue weighted by Gasteiger charge is 2.18. The summed E-state index contributed by atoms with van der Waals surface area (Å²) >= 11 is 9.45. The Labute approximate surface area is 118 Å². The van der Waals surface area contributed by atoms with Crippen LogP contribution in [0.15, 0.2) is 41.1 Å². The summed E-state index contributed by atoms with van der Waals surface area (Å²) in [6.07, 6.45) is 3.19. The van der Waals surface area contributed by atoms with Crippen LogP contribution in [0, 0.1) is 5.82 Å². The SMILES string of the molecule is CNC(c1cc(Br)ccc1F)c1ccncc1Cl. The van der Waals surface area contributed by atoms with E-state index in [1.54, 1.807) is 37.6 Å². The number of pyridine rings is 1. The Morgan fingerprint density at radius 3 is 2.78 bits per heavy atom. The fraction of sp³-hybridized carbons (Fsp3) is 0.154. The van der Waals surface area contributed by atoms with Crippen LogP contribution in [-0.2, 0) is 0 Å². The molecular weight excluding hydrogens is 319 g/mol. The Balaban J connectivity index is 2.52. The topological polar surface area (TPSA) is 24.9 Å². The van der Waals surface area contributed by atoms with E-state index in [1.807, 2.05) is 0 Å². The highest BCUT2D eigenvalue weighted by atomic mass is 79.9. The monoisotopic (exact) mass is 328 g/mol. The molecule has 1 aromatic carbocycles. The Morgan fingerprint density at radius 2 is 2.11 bits per heavy atom. The van der Waals surface area contributed by atoms with Gasteiger partial charge in [0.25, 0.3) is 0 Å². The van der Waals surface area contributed by atoms with Crippen LogP contribution in [0.3, 0.4) is 0 Å². The molecule has 1 aromatic heterocycles. The first-order valence-corrected chi connectivity index (χ1v) is 6.52. The average Bonchev–Trinajstić information content (AvgIpc) is 2.36. The molecule has 0 amide bonds. The summed E-state index contributed by atoms with van der Waals surface area (Å²) < 4.78 is 14.7. The van der Waals surface area contributed by atoms with E-state index in [0.29, 0.717) is 10.6 Å². The molecule has 0 aliphatic carbocycles. The molecule has 1 N–H and O–H groups in total. The zero-order valence-electron chi connectivity index (χ0n) is 9.62. The number of hydrogen-bond donors (Lipinski definition) is 1. The van der Waals surface area contributed by atoms with E-state index in [1.165, 1.54) is 6.07 Å². The number of nitrogens with zero attached hydrogens (tertiary/aromatic N) is 1. The highest BCUT2D eigenvalue weighted by Crippen LogP contribution is 2.30. The Morgan fingerprint density at radius 1 is 1.33 bits per heavy atom. The summed E-state index contributed by atoms with van der Waals surface area (Å²) in [6.45, 7) is 0. The smallest absolute Gasteiger partial charge is 0.128 e. The molecule has 94 valence electrons. The molecule has 0 radical (unpaired) electrons. The van der Waals surface area contributed by atoms with E-state index in [9.17, 15) is 4.39 Å². The quantitative estimate of drug-likeness (QED) is 0.922. The summed E-state index contributed by atoms with van der Waals surface area (Å²) in [5.74, 6) is -0.273. The van der Waals surface area contributed by atoms with Gasteiger partial charge in [-0.1, -0.05) is 27.5 Å². The van der Waals surface area contributed by atoms with Gasteiger partial charge in [-0.05, 0) is 36.9 Å². The molecule has 2 aromatic rings. The van der Waals surface area contributed by atoms with Crippen LogP contribution in [0.4, 0.5) is 4.39 Å². The maximum atomic E-state index is 13.9. The van der Waals surface area contributed by atoms with Gasteiger partial charge in [0.2, 0.25) is 0 Å². The molecule has 0 spiro atoms. The van der Waals surface area contributed by atoms with Crippen LogP contribution in [0.5, 0.6) is 0 Å². The zero-order valence-corrected chi connectivity index (χ0v) is 12.0. The fourth-order valence-corrected chi connectivity index (χ4v) is 2.44. The van der Waals surface area contributed by atoms with Gasteiger partial charge in [-0.3, -0.25) is 4.98 Å². The third-order valence-corrected chi connectivity index (χ3v) is 3.48. The molecule has 2 nitrogen and oxygen atoms in total. The van der Waals surface area contributed by atoms with E-state index < -0.39 is 0 Å². The minimum atomic E-state index is -0.307. The first-order valence-electron chi connectivity index (χ1n) is 5.35. The number of nitrogens with one attached hydrogen (secondary N) is 1. The third kappa shape index (κ3) is 2.71. The number of rotatable bonds is 3. The summed E-state index contributed by atoms with van der Waals surface area (Å²) in [6, 6.07) is 6.31. The number of benzene rings is 1. The van der Waals surface area contributed by atoms with Gasteiger partial charge in [0.05, 0.1) is 11.1 Å². The van der Waals surface area contributed by atoms with Crippen molar-refractivity contribution < 1.29 is 4.39 Å². The minimum absolute atomic E-state index is 0.273. The third-order valence-electron chi connectivity index (χ3n) is 2.67. The van der Waals surface area contributed by atoms with Crippen LogP contribution < -0.4 is 5.32 Å². The molecule has 2 rings (SSSR count). The van der Waals surface area contributed by atoms with Crippen LogP contribution in [0.25, 0.3) is 0 Å². The van der Waals surface area contributed by atoms with Crippen molar-refractivity contribution in [2.45, 2.75) is 6.04 Å². The molecule has 0 bridgehead atoms. The Bertz CT molecular complexity index is 562. The lowest BCUT2D eigenvalue weighted by Gasteiger charge is -2.19. The molecule has 0 aliphatic heterocycles. The molecule has 1 atom stereocenters. The Kier molecular flexibility index (Phi) is 4.32. The second-order valence-electron chi connectivity index (χ2n) is 3.78. The number of halogens is 3. The molecule has 0 aliphatic rings. The summed E-state index contributed by atoms with van der Waals surface area (Å²) in [4.78, 5) is 3.93. The maximum absolute atomic E-state index is 13.9. The van der Waals surface area contributed by atoms with Gasteiger partial charge in [0, 0.05) is 22.4 Å². The van der Waals surface area contributed by atoms with Gasteiger partial charge in [-0.25, -0.2) is 4.39 Å². The highest BCUT2D eigenvalue weighted by molar-refractivity contribution is 9.10. The first kappa shape index (κ1) is 13.5. The van der Waals surface area contributed by atoms with Crippen molar-refractivity contribution in [3.05, 3.63) is 63.1 Å². The predicted octanol–water partition coefficient (Wildman–Crippen LogP) is 3.95. The van der Waals surface area contributed by atoms with Gasteiger partial charge >= 0.3 is 0 Å². The van der Waals surface area contributed by atoms with Crippen LogP contribution in [-0.4, -0.2) is 12.0 Å². The summed E-state index contributed by atoms with van der Waals surface area (Å²) in [5, 5.41) is 3.58. The normalized spacial score (nSPS) is 12.4. The van der Waals surface area contributed by atoms with Crippen molar-refractivity contribution in [1.82, 2.24) is 10.3 Å². The van der Waals surface area contributed by atoms with Crippen molar-refractivity contribution in [2.75, 3.05) is 7.05 Å². The van der Waals surface area contributed by atoms with Crippen molar-refractivity contribution in [3.63, 3.8) is 0 Å². The van der Waals surface area contributed by atoms with E-state index in [0.717, 1.165) is 10.0 Å². The van der Waals surface area contributed by atoms with Crippen molar-refractivity contribution >= 4 is 27.5 Å². The Hall–Kier alpha value is -0.970. The molecule has 0 saturated heterocycles. The largest absolute Gasteiger partial charge is 0.309 e. The predicted molar refractivity (Wildman–Crippen MR) is 74.2 cm³/mol. The molecule has 0 saturated carbocycles. The fourth-order valence-electron chi connectivity index (χ4n) is 1.83. The van der Waals surface area contributed by atoms with Crippen molar-refractivity contribution in [1.29, 1.82) is 0 Å². The standard InChI is InChI=1S/C13H11BrClFN2/c1-17-13(9-4-5-18-7-11(9)15)10-6-8(14)2-3-12(10)16/h2-7,13,17H,1H3. The van der Waals surface area contributed by atoms with Gasteiger partial charge in [0.1, 0.15) is 5.82 Å². The van der Waals surface area contributed by atoms with E-state index >= 15 is 0 Å². The maximum Gasteiger partial charge on any atom is 0.128 e. The second-order valence-corrected chi connectivity index (χ2v) is 5.11. The van der Waals surface area contributed by atoms with Crippen LogP contribution >= 0.6 is 27.5 Å². The van der Waals surface area contributed by atoms with Gasteiger partial charge in [-0.15, -0.1) is 0 Å². The number of hydrogen-bond acceptors (Lipinski definition) is 2. The second kappa shape index (κ2) is 5.78. The summed E-state index contributed by atoms with van der Waals surface area (Å²) in [7, 11) is 1.77. The van der Waals surface area contributed by atoms with Gasteiger partial charge in [-0.2, -0.15) is 0 Å². The zero-order chi connectivity index (χ0) is 13.1. The van der Waals surface area contributed by atoms with Crippen molar-refractivity contribution in [2.24, 2.45) is 0 Å². The number of aromatic nitrogens is 1. The van der Waals surface area contributed by atoms with Crippen molar-refractivity contribution in [3.8, 4) is 0 Å². The van der Waals surface area contributed by atoms with Gasteiger partial charge < -0.3 is 5.32 Å². The lowest BCUT2D eigenvalue weighted by atomic mass is 9.99. The first-order chi connectivity index (χ1) is 8.63. The molecule has 0 fully saturated rings. The minimum Gasteiger partial charge on any atom is -0.309 e. The van der Waals surface area contributed by atoms with Gasteiger partial charge in [0.15, 0.2) is 0 Å². The molecular formula is C13H11BrClFN2. The lowest BCUT2D eigenvalue weighted by molar-refractivity contribution is 0.575. The van der Waals surface area contributed by atoms with E-state index in [-0.39, 0.29) is 11.9 Å².